The number of nitrogens with zero attached hydrogens (tertiary/aromatic N) is 4. The molecule has 3 atom stereocenters. The summed E-state index contributed by atoms with van der Waals surface area (Å²) in [4.78, 5) is 39.1. The van der Waals surface area contributed by atoms with Crippen LogP contribution in [0.3, 0.4) is 0 Å². The standard InChI is InChI=1S/C29H40FN7O3/c1-7-15-31-25-21(17-33-27(36-25)35-23-13-14-24(30)32-18-23)12-11-20-9-8-10-22(16-20)34-26(38)19(2)37(6)28(39)40-29(3,4)5/h13-14,17-20,22H,7-10,15-16H2,1-6H3,(H,34,38)(H2,31,33,35,36)/t19-,20-,22-/m0/s1. The first-order chi connectivity index (χ1) is 18.9. The van der Waals surface area contributed by atoms with Crippen LogP contribution in [0.5, 0.6) is 0 Å². The molecule has 0 spiro atoms. The van der Waals surface area contributed by atoms with Crippen LogP contribution in [0.4, 0.5) is 26.6 Å². The Bertz CT molecular complexity index is 1220. The Morgan fingerprint density at radius 1 is 1.23 bits per heavy atom. The summed E-state index contributed by atoms with van der Waals surface area (Å²) < 4.78 is 18.5. The molecule has 2 aromatic rings. The van der Waals surface area contributed by atoms with E-state index >= 15 is 0 Å². The van der Waals surface area contributed by atoms with E-state index in [-0.39, 0.29) is 17.9 Å². The zero-order valence-electron chi connectivity index (χ0n) is 24.2. The van der Waals surface area contributed by atoms with Crippen LogP contribution in [-0.2, 0) is 9.53 Å². The Morgan fingerprint density at radius 2 is 2.00 bits per heavy atom. The molecular weight excluding hydrogens is 513 g/mol. The lowest BCUT2D eigenvalue weighted by molar-refractivity contribution is -0.126. The van der Waals surface area contributed by atoms with Gasteiger partial charge in [0.15, 0.2) is 0 Å². The minimum Gasteiger partial charge on any atom is -0.444 e. The lowest BCUT2D eigenvalue weighted by Gasteiger charge is -2.31. The molecule has 10 nitrogen and oxygen atoms in total. The van der Waals surface area contributed by atoms with E-state index in [2.05, 4.69) is 49.7 Å². The summed E-state index contributed by atoms with van der Waals surface area (Å²) >= 11 is 0. The van der Waals surface area contributed by atoms with Crippen molar-refractivity contribution in [2.75, 3.05) is 24.2 Å². The maximum Gasteiger partial charge on any atom is 0.410 e. The smallest absolute Gasteiger partial charge is 0.410 e. The summed E-state index contributed by atoms with van der Waals surface area (Å²) in [5.41, 5.74) is 0.614. The van der Waals surface area contributed by atoms with Crippen molar-refractivity contribution in [3.05, 3.63) is 36.0 Å². The second-order valence-electron chi connectivity index (χ2n) is 11.0. The number of carbonyl (C=O) groups is 2. The van der Waals surface area contributed by atoms with Gasteiger partial charge in [0.1, 0.15) is 17.5 Å². The van der Waals surface area contributed by atoms with Crippen molar-refractivity contribution >= 4 is 29.5 Å². The van der Waals surface area contributed by atoms with Gasteiger partial charge in [0, 0.05) is 25.6 Å². The predicted octanol–water partition coefficient (Wildman–Crippen LogP) is 4.86. The molecule has 0 saturated heterocycles. The van der Waals surface area contributed by atoms with Gasteiger partial charge < -0.3 is 20.7 Å². The topological polar surface area (TPSA) is 121 Å². The number of hydrogen-bond acceptors (Lipinski definition) is 8. The van der Waals surface area contributed by atoms with Crippen molar-refractivity contribution in [2.24, 2.45) is 5.92 Å². The summed E-state index contributed by atoms with van der Waals surface area (Å²) in [5, 5.41) is 9.41. The molecule has 2 aromatic heterocycles. The number of anilines is 3. The first-order valence-electron chi connectivity index (χ1n) is 13.7. The van der Waals surface area contributed by atoms with E-state index in [0.717, 1.165) is 38.6 Å². The average molecular weight is 554 g/mol. The average Bonchev–Trinajstić information content (AvgIpc) is 2.91. The van der Waals surface area contributed by atoms with Crippen molar-refractivity contribution in [2.45, 2.75) is 84.4 Å². The lowest BCUT2D eigenvalue weighted by atomic mass is 9.86. The molecule has 0 radical (unpaired) electrons. The van der Waals surface area contributed by atoms with Crippen molar-refractivity contribution in [3.63, 3.8) is 0 Å². The van der Waals surface area contributed by atoms with Crippen molar-refractivity contribution in [1.82, 2.24) is 25.2 Å². The number of nitrogens with one attached hydrogen (secondary N) is 3. The molecule has 11 heteroatoms. The van der Waals surface area contributed by atoms with Crippen LogP contribution in [0.2, 0.25) is 0 Å². The molecule has 1 fully saturated rings. The molecule has 3 rings (SSSR count). The highest BCUT2D eigenvalue weighted by atomic mass is 19.1. The zero-order chi connectivity index (χ0) is 29.3. The monoisotopic (exact) mass is 553 g/mol. The van der Waals surface area contributed by atoms with E-state index in [1.54, 1.807) is 47.0 Å². The summed E-state index contributed by atoms with van der Waals surface area (Å²) in [7, 11) is 1.57. The van der Waals surface area contributed by atoms with Crippen LogP contribution < -0.4 is 16.0 Å². The van der Waals surface area contributed by atoms with Gasteiger partial charge in [-0.25, -0.2) is 14.8 Å². The maximum absolute atomic E-state index is 13.1. The normalized spacial score (nSPS) is 17.6. The number of likely N-dealkylation sites (N-methyl/N-ethyl adjacent to an activating group) is 1. The molecule has 1 aliphatic rings. The number of hydrogen-bond donors (Lipinski definition) is 3. The van der Waals surface area contributed by atoms with E-state index in [4.69, 9.17) is 4.74 Å². The molecule has 3 N–H and O–H groups in total. The van der Waals surface area contributed by atoms with E-state index < -0.39 is 23.7 Å². The van der Waals surface area contributed by atoms with E-state index in [0.29, 0.717) is 23.0 Å². The van der Waals surface area contributed by atoms with Crippen LogP contribution in [0.25, 0.3) is 0 Å². The molecule has 40 heavy (non-hydrogen) atoms. The fourth-order valence-corrected chi connectivity index (χ4v) is 4.11. The van der Waals surface area contributed by atoms with Gasteiger partial charge in [-0.2, -0.15) is 9.37 Å². The molecule has 0 aliphatic heterocycles. The van der Waals surface area contributed by atoms with Gasteiger partial charge in [0.05, 0.1) is 23.6 Å². The van der Waals surface area contributed by atoms with Crippen molar-refractivity contribution in [1.29, 1.82) is 0 Å². The second kappa shape index (κ2) is 13.9. The third-order valence-electron chi connectivity index (χ3n) is 6.39. The summed E-state index contributed by atoms with van der Waals surface area (Å²) in [6, 6.07) is 2.13. The number of amides is 2. The molecule has 0 aromatic carbocycles. The number of pyridine rings is 1. The molecule has 1 saturated carbocycles. The Hall–Kier alpha value is -3.94. The molecule has 0 unspecified atom stereocenters. The Kier molecular flexibility index (Phi) is 10.6. The lowest BCUT2D eigenvalue weighted by Crippen LogP contribution is -2.50. The molecule has 2 heterocycles. The molecule has 1 aliphatic carbocycles. The number of ether oxygens (including phenoxy) is 1. The molecule has 216 valence electrons. The quantitative estimate of drug-likeness (QED) is 0.313. The van der Waals surface area contributed by atoms with Crippen LogP contribution in [-0.4, -0.2) is 63.1 Å². The van der Waals surface area contributed by atoms with E-state index in [1.807, 2.05) is 0 Å². The highest BCUT2D eigenvalue weighted by Gasteiger charge is 2.29. The first-order valence-corrected chi connectivity index (χ1v) is 13.7. The van der Waals surface area contributed by atoms with Crippen LogP contribution in [0.1, 0.15) is 72.3 Å². The second-order valence-corrected chi connectivity index (χ2v) is 11.0. The van der Waals surface area contributed by atoms with Gasteiger partial charge in [-0.3, -0.25) is 9.69 Å². The number of carbonyl (C=O) groups excluding carboxylic acids is 2. The Balaban J connectivity index is 1.64. The SMILES string of the molecule is CCCNc1nc(Nc2ccc(F)nc2)ncc1C#C[C@@H]1CCC[C@H](NC(=O)[C@H](C)N(C)C(=O)OC(C)(C)C)C1. The highest BCUT2D eigenvalue weighted by molar-refractivity contribution is 5.85. The first kappa shape index (κ1) is 30.6. The van der Waals surface area contributed by atoms with Gasteiger partial charge in [0.2, 0.25) is 17.8 Å². The highest BCUT2D eigenvalue weighted by Crippen LogP contribution is 2.25. The largest absolute Gasteiger partial charge is 0.444 e. The minimum atomic E-state index is -0.663. The van der Waals surface area contributed by atoms with Gasteiger partial charge in [-0.1, -0.05) is 25.2 Å². The van der Waals surface area contributed by atoms with Crippen molar-refractivity contribution < 1.29 is 18.7 Å². The molecular formula is C29H40FN7O3. The zero-order valence-corrected chi connectivity index (χ0v) is 24.2. The summed E-state index contributed by atoms with van der Waals surface area (Å²) in [6.45, 7) is 9.84. The summed E-state index contributed by atoms with van der Waals surface area (Å²) in [5.74, 6) is 6.87. The van der Waals surface area contributed by atoms with Crippen LogP contribution in [0, 0.1) is 23.7 Å². The van der Waals surface area contributed by atoms with Gasteiger partial charge >= 0.3 is 6.09 Å². The van der Waals surface area contributed by atoms with Crippen molar-refractivity contribution in [3.8, 4) is 11.8 Å². The van der Waals surface area contributed by atoms with E-state index in [1.165, 1.54) is 17.2 Å². The molecule has 0 bridgehead atoms. The van der Waals surface area contributed by atoms with E-state index in [9.17, 15) is 14.0 Å². The van der Waals surface area contributed by atoms with Gasteiger partial charge in [0.25, 0.3) is 0 Å². The van der Waals surface area contributed by atoms with Crippen LogP contribution in [0.15, 0.2) is 24.5 Å². The van der Waals surface area contributed by atoms with Gasteiger partial charge in [-0.05, 0) is 65.5 Å². The fraction of sp³-hybridized carbons (Fsp3) is 0.552. The summed E-state index contributed by atoms with van der Waals surface area (Å²) in [6.07, 6.45) is 6.86. The van der Waals surface area contributed by atoms with Gasteiger partial charge in [-0.15, -0.1) is 0 Å². The number of rotatable bonds is 8. The maximum atomic E-state index is 13.1. The number of aromatic nitrogens is 3. The number of halogens is 1. The van der Waals surface area contributed by atoms with Crippen LogP contribution >= 0.6 is 0 Å². The third-order valence-corrected chi connectivity index (χ3v) is 6.39. The Morgan fingerprint density at radius 3 is 2.67 bits per heavy atom. The Labute approximate surface area is 235 Å². The predicted molar refractivity (Wildman–Crippen MR) is 153 cm³/mol. The molecule has 2 amide bonds. The third kappa shape index (κ3) is 9.36. The minimum absolute atomic E-state index is 0.0279. The fourth-order valence-electron chi connectivity index (χ4n) is 4.11.